The minimum absolute atomic E-state index is 0.107. The van der Waals surface area contributed by atoms with E-state index in [2.05, 4.69) is 22.4 Å². The number of nitrogens with one attached hydrogen (secondary N) is 1. The normalized spacial score (nSPS) is 10.5. The van der Waals surface area contributed by atoms with E-state index in [9.17, 15) is 4.79 Å². The SMILES string of the molecule is O=C(NCCCc1ccccc1)c1nccc2ccccc12. The molecule has 3 aromatic rings. The lowest BCUT2D eigenvalue weighted by atomic mass is 10.1. The predicted molar refractivity (Wildman–Crippen MR) is 88.8 cm³/mol. The molecule has 1 amide bonds. The van der Waals surface area contributed by atoms with Crippen LogP contribution in [0.2, 0.25) is 0 Å². The minimum atomic E-state index is -0.107. The maximum Gasteiger partial charge on any atom is 0.270 e. The molecule has 0 atom stereocenters. The van der Waals surface area contributed by atoms with Crippen LogP contribution in [0.4, 0.5) is 0 Å². The van der Waals surface area contributed by atoms with Gasteiger partial charge in [-0.05, 0) is 29.9 Å². The van der Waals surface area contributed by atoms with Gasteiger partial charge in [-0.2, -0.15) is 0 Å². The lowest BCUT2D eigenvalue weighted by molar-refractivity contribution is 0.0950. The smallest absolute Gasteiger partial charge is 0.270 e. The molecule has 0 aliphatic rings. The number of rotatable bonds is 5. The van der Waals surface area contributed by atoms with E-state index < -0.39 is 0 Å². The van der Waals surface area contributed by atoms with Gasteiger partial charge in [0, 0.05) is 18.1 Å². The number of hydrogen-bond acceptors (Lipinski definition) is 2. The van der Waals surface area contributed by atoms with Crippen molar-refractivity contribution in [2.24, 2.45) is 0 Å². The molecule has 1 N–H and O–H groups in total. The summed E-state index contributed by atoms with van der Waals surface area (Å²) >= 11 is 0. The summed E-state index contributed by atoms with van der Waals surface area (Å²) in [6.07, 6.45) is 3.56. The van der Waals surface area contributed by atoms with Gasteiger partial charge in [0.1, 0.15) is 5.69 Å². The number of carbonyl (C=O) groups is 1. The van der Waals surface area contributed by atoms with Crippen LogP contribution < -0.4 is 5.32 Å². The number of amides is 1. The van der Waals surface area contributed by atoms with Crippen molar-refractivity contribution in [1.82, 2.24) is 10.3 Å². The highest BCUT2D eigenvalue weighted by molar-refractivity contribution is 6.05. The number of aromatic nitrogens is 1. The third-order valence-electron chi connectivity index (χ3n) is 3.66. The van der Waals surface area contributed by atoms with Gasteiger partial charge in [0.25, 0.3) is 5.91 Å². The first kappa shape index (κ1) is 14.3. The van der Waals surface area contributed by atoms with Gasteiger partial charge in [0.2, 0.25) is 0 Å². The zero-order valence-electron chi connectivity index (χ0n) is 12.3. The van der Waals surface area contributed by atoms with Crippen LogP contribution in [-0.4, -0.2) is 17.4 Å². The lowest BCUT2D eigenvalue weighted by Crippen LogP contribution is -2.25. The molecule has 0 saturated heterocycles. The first-order valence-electron chi connectivity index (χ1n) is 7.50. The van der Waals surface area contributed by atoms with Crippen LogP contribution in [-0.2, 0) is 6.42 Å². The first-order chi connectivity index (χ1) is 10.8. The average molecular weight is 290 g/mol. The number of nitrogens with zero attached hydrogens (tertiary/aromatic N) is 1. The van der Waals surface area contributed by atoms with Crippen molar-refractivity contribution in [2.45, 2.75) is 12.8 Å². The zero-order valence-corrected chi connectivity index (χ0v) is 12.3. The second-order valence-corrected chi connectivity index (χ2v) is 5.23. The third kappa shape index (κ3) is 3.31. The molecule has 0 saturated carbocycles. The quantitative estimate of drug-likeness (QED) is 0.730. The van der Waals surface area contributed by atoms with E-state index in [1.54, 1.807) is 6.20 Å². The van der Waals surface area contributed by atoms with Crippen molar-refractivity contribution in [3.05, 3.63) is 78.1 Å². The summed E-state index contributed by atoms with van der Waals surface area (Å²) in [5.74, 6) is -0.107. The molecule has 3 heteroatoms. The molecule has 3 nitrogen and oxygen atoms in total. The molecule has 3 rings (SSSR count). The van der Waals surface area contributed by atoms with Gasteiger partial charge < -0.3 is 5.32 Å². The van der Waals surface area contributed by atoms with Gasteiger partial charge >= 0.3 is 0 Å². The fourth-order valence-corrected chi connectivity index (χ4v) is 2.52. The molecule has 0 fully saturated rings. The van der Waals surface area contributed by atoms with Gasteiger partial charge in [-0.1, -0.05) is 54.6 Å². The highest BCUT2D eigenvalue weighted by Gasteiger charge is 2.10. The Morgan fingerprint density at radius 1 is 0.955 bits per heavy atom. The van der Waals surface area contributed by atoms with Crippen LogP contribution in [0.25, 0.3) is 10.8 Å². The van der Waals surface area contributed by atoms with Gasteiger partial charge in [0.15, 0.2) is 0 Å². The average Bonchev–Trinajstić information content (AvgIpc) is 2.59. The fraction of sp³-hybridized carbons (Fsp3) is 0.158. The van der Waals surface area contributed by atoms with E-state index in [0.717, 1.165) is 23.6 Å². The molecule has 0 aliphatic carbocycles. The third-order valence-corrected chi connectivity index (χ3v) is 3.66. The van der Waals surface area contributed by atoms with Crippen molar-refractivity contribution in [2.75, 3.05) is 6.54 Å². The molecule has 1 heterocycles. The van der Waals surface area contributed by atoms with Crippen LogP contribution in [0, 0.1) is 0 Å². The Balaban J connectivity index is 1.60. The maximum absolute atomic E-state index is 12.3. The molecule has 0 aliphatic heterocycles. The van der Waals surface area contributed by atoms with Gasteiger partial charge in [-0.15, -0.1) is 0 Å². The molecule has 110 valence electrons. The van der Waals surface area contributed by atoms with Gasteiger partial charge in [-0.25, -0.2) is 0 Å². The van der Waals surface area contributed by atoms with Crippen molar-refractivity contribution < 1.29 is 4.79 Å². The fourth-order valence-electron chi connectivity index (χ4n) is 2.52. The number of aryl methyl sites for hydroxylation is 1. The highest BCUT2D eigenvalue weighted by atomic mass is 16.1. The van der Waals surface area contributed by atoms with Crippen LogP contribution >= 0.6 is 0 Å². The molecule has 22 heavy (non-hydrogen) atoms. The van der Waals surface area contributed by atoms with E-state index in [0.29, 0.717) is 12.2 Å². The number of benzene rings is 2. The van der Waals surface area contributed by atoms with Crippen molar-refractivity contribution in [1.29, 1.82) is 0 Å². The summed E-state index contributed by atoms with van der Waals surface area (Å²) < 4.78 is 0. The molecule has 0 bridgehead atoms. The van der Waals surface area contributed by atoms with Crippen LogP contribution in [0.3, 0.4) is 0 Å². The van der Waals surface area contributed by atoms with Crippen LogP contribution in [0.1, 0.15) is 22.5 Å². The second-order valence-electron chi connectivity index (χ2n) is 5.23. The highest BCUT2D eigenvalue weighted by Crippen LogP contribution is 2.16. The van der Waals surface area contributed by atoms with Crippen LogP contribution in [0.15, 0.2) is 66.9 Å². The molecule has 0 spiro atoms. The molecule has 2 aromatic carbocycles. The Labute approximate surface area is 130 Å². The Morgan fingerprint density at radius 2 is 1.73 bits per heavy atom. The summed E-state index contributed by atoms with van der Waals surface area (Å²) in [4.78, 5) is 16.5. The first-order valence-corrected chi connectivity index (χ1v) is 7.50. The number of hydrogen-bond donors (Lipinski definition) is 1. The molecule has 1 aromatic heterocycles. The number of fused-ring (bicyclic) bond motifs is 1. The lowest BCUT2D eigenvalue weighted by Gasteiger charge is -2.07. The summed E-state index contributed by atoms with van der Waals surface area (Å²) in [7, 11) is 0. The summed E-state index contributed by atoms with van der Waals surface area (Å²) in [6.45, 7) is 0.651. The van der Waals surface area contributed by atoms with E-state index in [1.807, 2.05) is 48.5 Å². The second kappa shape index (κ2) is 6.85. The number of pyridine rings is 1. The Morgan fingerprint density at radius 3 is 2.59 bits per heavy atom. The van der Waals surface area contributed by atoms with Crippen LogP contribution in [0.5, 0.6) is 0 Å². The van der Waals surface area contributed by atoms with Crippen molar-refractivity contribution in [3.8, 4) is 0 Å². The summed E-state index contributed by atoms with van der Waals surface area (Å²) in [5, 5.41) is 4.89. The topological polar surface area (TPSA) is 42.0 Å². The van der Waals surface area contributed by atoms with E-state index >= 15 is 0 Å². The molecule has 0 unspecified atom stereocenters. The predicted octanol–water partition coefficient (Wildman–Crippen LogP) is 3.60. The summed E-state index contributed by atoms with van der Waals surface area (Å²) in [5.41, 5.74) is 1.79. The molecular weight excluding hydrogens is 272 g/mol. The minimum Gasteiger partial charge on any atom is -0.351 e. The van der Waals surface area contributed by atoms with E-state index in [4.69, 9.17) is 0 Å². The standard InChI is InChI=1S/C19H18N2O/c22-19(21-13-6-9-15-7-2-1-3-8-15)18-17-11-5-4-10-16(17)12-14-20-18/h1-5,7-8,10-12,14H,6,9,13H2,(H,21,22). The Kier molecular flexibility index (Phi) is 4.44. The molecule has 0 radical (unpaired) electrons. The van der Waals surface area contributed by atoms with E-state index in [-0.39, 0.29) is 5.91 Å². The monoisotopic (exact) mass is 290 g/mol. The maximum atomic E-state index is 12.3. The Bertz CT molecular complexity index is 763. The van der Waals surface area contributed by atoms with Gasteiger partial charge in [-0.3, -0.25) is 9.78 Å². The van der Waals surface area contributed by atoms with E-state index in [1.165, 1.54) is 5.56 Å². The number of carbonyl (C=O) groups excluding carboxylic acids is 1. The molecular formula is C19H18N2O. The summed E-state index contributed by atoms with van der Waals surface area (Å²) in [6, 6.07) is 20.0. The van der Waals surface area contributed by atoms with Crippen molar-refractivity contribution in [3.63, 3.8) is 0 Å². The zero-order chi connectivity index (χ0) is 15.2. The van der Waals surface area contributed by atoms with Crippen molar-refractivity contribution >= 4 is 16.7 Å². The Hall–Kier alpha value is -2.68. The van der Waals surface area contributed by atoms with Gasteiger partial charge in [0.05, 0.1) is 0 Å². The largest absolute Gasteiger partial charge is 0.351 e.